The van der Waals surface area contributed by atoms with E-state index < -0.39 is 29.7 Å². The van der Waals surface area contributed by atoms with Crippen LogP contribution in [-0.4, -0.2) is 111 Å². The summed E-state index contributed by atoms with van der Waals surface area (Å²) in [5, 5.41) is 6.18. The maximum absolute atomic E-state index is 13.6. The minimum absolute atomic E-state index is 0.00559. The summed E-state index contributed by atoms with van der Waals surface area (Å²) in [7, 11) is 0. The Morgan fingerprint density at radius 3 is 2.28 bits per heavy atom. The fraction of sp³-hybridized carbons (Fsp3) is 0.477. The third-order valence-corrected chi connectivity index (χ3v) is 13.1. The van der Waals surface area contributed by atoms with E-state index in [1.807, 2.05) is 18.3 Å². The number of aryl methyl sites for hydroxylation is 1. The van der Waals surface area contributed by atoms with E-state index in [1.54, 1.807) is 29.8 Å². The molecule has 2 N–H and O–H groups in total. The number of nitrogens with one attached hydrogen (secondary N) is 2. The first-order chi connectivity index (χ1) is 29.0. The largest absolute Gasteiger partial charge is 0.372 e. The number of nitrogens with zero attached hydrogens (tertiary/aromatic N) is 8. The molecule has 0 radical (unpaired) electrons. The van der Waals surface area contributed by atoms with Gasteiger partial charge in [0.25, 0.3) is 17.4 Å². The van der Waals surface area contributed by atoms with E-state index in [0.717, 1.165) is 107 Å². The molecule has 3 saturated heterocycles. The molecule has 312 valence electrons. The van der Waals surface area contributed by atoms with Crippen molar-refractivity contribution in [2.24, 2.45) is 5.92 Å². The van der Waals surface area contributed by atoms with E-state index >= 15 is 0 Å². The fourth-order valence-electron chi connectivity index (χ4n) is 9.89. The molecule has 5 aliphatic rings. The molecule has 0 spiro atoms. The van der Waals surface area contributed by atoms with Crippen LogP contribution < -0.4 is 26.0 Å². The van der Waals surface area contributed by atoms with Crippen molar-refractivity contribution in [2.75, 3.05) is 60.9 Å². The van der Waals surface area contributed by atoms with E-state index in [9.17, 15) is 28.8 Å². The number of hydrogen-bond acceptors (Lipinski definition) is 13. The number of Topliss-reactive ketones (excluding diaryl/α,β-unsaturated/α-hetero) is 1. The first kappa shape index (κ1) is 39.4. The van der Waals surface area contributed by atoms with Gasteiger partial charge in [0.2, 0.25) is 17.8 Å². The van der Waals surface area contributed by atoms with E-state index in [0.29, 0.717) is 45.4 Å². The number of piperidine rings is 1. The highest BCUT2D eigenvalue weighted by atomic mass is 16.2. The summed E-state index contributed by atoms with van der Waals surface area (Å²) in [6, 6.07) is 8.39. The van der Waals surface area contributed by atoms with Crippen LogP contribution in [0.1, 0.15) is 107 Å². The van der Waals surface area contributed by atoms with Crippen molar-refractivity contribution in [2.45, 2.75) is 83.7 Å². The Balaban J connectivity index is 0.784. The van der Waals surface area contributed by atoms with Gasteiger partial charge in [-0.1, -0.05) is 12.8 Å². The van der Waals surface area contributed by atoms with Crippen LogP contribution >= 0.6 is 0 Å². The molecule has 7 heterocycles. The number of rotatable bonds is 9. The van der Waals surface area contributed by atoms with Crippen LogP contribution in [0.15, 0.2) is 47.5 Å². The minimum atomic E-state index is -0.975. The van der Waals surface area contributed by atoms with Gasteiger partial charge in [0.05, 0.1) is 28.6 Å². The summed E-state index contributed by atoms with van der Waals surface area (Å²) >= 11 is 0. The lowest BCUT2D eigenvalue weighted by Crippen LogP contribution is -2.54. The van der Waals surface area contributed by atoms with Crippen molar-refractivity contribution in [3.8, 4) is 0 Å². The van der Waals surface area contributed by atoms with Gasteiger partial charge in [-0.15, -0.1) is 0 Å². The molecular weight excluding hydrogens is 765 g/mol. The van der Waals surface area contributed by atoms with Crippen LogP contribution in [0, 0.1) is 12.8 Å². The van der Waals surface area contributed by atoms with E-state index in [4.69, 9.17) is 4.98 Å². The van der Waals surface area contributed by atoms with Crippen LogP contribution in [-0.2, 0) is 9.59 Å². The van der Waals surface area contributed by atoms with Gasteiger partial charge in [0.1, 0.15) is 17.5 Å². The topological polar surface area (TPSA) is 183 Å². The molecule has 1 aliphatic carbocycles. The molecule has 16 nitrogen and oxygen atoms in total. The molecule has 2 unspecified atom stereocenters. The highest BCUT2D eigenvalue weighted by Crippen LogP contribution is 2.34. The molecule has 4 aliphatic heterocycles. The molecule has 16 heteroatoms. The van der Waals surface area contributed by atoms with Crippen molar-refractivity contribution in [3.63, 3.8) is 0 Å². The molecule has 4 aromatic rings. The number of hydrogen-bond donors (Lipinski definition) is 2. The molecule has 9 rings (SSSR count). The Hall–Kier alpha value is -6.03. The minimum Gasteiger partial charge on any atom is -0.372 e. The van der Waals surface area contributed by atoms with E-state index in [-0.39, 0.29) is 35.8 Å². The second-order valence-corrected chi connectivity index (χ2v) is 16.9. The number of amides is 4. The normalized spacial score (nSPS) is 21.7. The molecule has 1 aromatic carbocycles. The van der Waals surface area contributed by atoms with Gasteiger partial charge in [-0.05, 0) is 94.2 Å². The van der Waals surface area contributed by atoms with Gasteiger partial charge >= 0.3 is 0 Å². The van der Waals surface area contributed by atoms with Crippen LogP contribution in [0.4, 0.5) is 23.1 Å². The standard InChI is InChI=1S/C44H50N10O6/c1-26-34-24-46-44(49-39(34)53(29-7-3-4-8-29)43(60)38(26)27(2)55)47-36-13-10-31(23-45-36)52-20-18-50(19-21-52)25-28-6-5-16-51(17-15-28)30-9-11-32-33(22-30)42(59)54(41(32)58)35-12-14-37(56)48-40(35)57/h9-11,13,22-24,28-29,35H,3-8,12,14-21,25H2,1-2H3,(H,48,56,57)(H,45,46,47,49). The second kappa shape index (κ2) is 16.2. The smallest absolute Gasteiger partial charge is 0.263 e. The molecule has 2 atom stereocenters. The number of anilines is 4. The second-order valence-electron chi connectivity index (χ2n) is 16.9. The average Bonchev–Trinajstić information content (AvgIpc) is 3.77. The summed E-state index contributed by atoms with van der Waals surface area (Å²) in [6.07, 6.45) is 10.8. The Morgan fingerprint density at radius 1 is 0.800 bits per heavy atom. The zero-order chi connectivity index (χ0) is 41.7. The quantitative estimate of drug-likeness (QED) is 0.180. The van der Waals surface area contributed by atoms with Gasteiger partial charge in [-0.2, -0.15) is 4.98 Å². The van der Waals surface area contributed by atoms with Crippen molar-refractivity contribution >= 4 is 63.6 Å². The number of benzene rings is 1. The van der Waals surface area contributed by atoms with Crippen LogP contribution in [0.3, 0.4) is 0 Å². The van der Waals surface area contributed by atoms with Crippen LogP contribution in [0.25, 0.3) is 11.0 Å². The third-order valence-electron chi connectivity index (χ3n) is 13.1. The van der Waals surface area contributed by atoms with E-state index in [2.05, 4.69) is 41.4 Å². The maximum Gasteiger partial charge on any atom is 0.263 e. The van der Waals surface area contributed by atoms with E-state index in [1.165, 1.54) is 6.92 Å². The van der Waals surface area contributed by atoms with Crippen molar-refractivity contribution in [1.82, 2.24) is 34.6 Å². The highest BCUT2D eigenvalue weighted by molar-refractivity contribution is 6.23. The molecule has 4 amide bonds. The Morgan fingerprint density at radius 2 is 1.55 bits per heavy atom. The number of fused-ring (bicyclic) bond motifs is 2. The zero-order valence-electron chi connectivity index (χ0n) is 34.1. The highest BCUT2D eigenvalue weighted by Gasteiger charge is 2.45. The summed E-state index contributed by atoms with van der Waals surface area (Å²) in [5.41, 5.74) is 3.65. The average molecular weight is 815 g/mol. The van der Waals surface area contributed by atoms with Crippen LogP contribution in [0.2, 0.25) is 0 Å². The predicted molar refractivity (Wildman–Crippen MR) is 225 cm³/mol. The maximum atomic E-state index is 13.6. The SMILES string of the molecule is CC(=O)c1c(C)c2cnc(Nc3ccc(N4CCN(CC5CCCN(c6ccc7c(c6)C(=O)N(C6CCC(=O)NC6=O)C7=O)CC5)CC4)cn3)nc2n(C2CCCC2)c1=O. The van der Waals surface area contributed by atoms with Crippen molar-refractivity contribution < 1.29 is 24.0 Å². The van der Waals surface area contributed by atoms with Crippen LogP contribution in [0.5, 0.6) is 0 Å². The monoisotopic (exact) mass is 814 g/mol. The lowest BCUT2D eigenvalue weighted by Gasteiger charge is -2.37. The number of aromatic nitrogens is 4. The Labute approximate surface area is 347 Å². The molecule has 3 aromatic heterocycles. The van der Waals surface area contributed by atoms with Gasteiger partial charge in [-0.25, -0.2) is 9.97 Å². The summed E-state index contributed by atoms with van der Waals surface area (Å²) < 4.78 is 1.71. The Kier molecular flexibility index (Phi) is 10.6. The van der Waals surface area contributed by atoms with Crippen molar-refractivity contribution in [3.05, 3.63) is 75.3 Å². The number of carbonyl (C=O) groups excluding carboxylic acids is 5. The van der Waals surface area contributed by atoms with Crippen molar-refractivity contribution in [1.29, 1.82) is 0 Å². The molecule has 0 bridgehead atoms. The van der Waals surface area contributed by atoms with Gasteiger partial charge in [0, 0.05) is 75.5 Å². The summed E-state index contributed by atoms with van der Waals surface area (Å²) in [5.74, 6) is -0.725. The fourth-order valence-corrected chi connectivity index (χ4v) is 9.89. The van der Waals surface area contributed by atoms with Gasteiger partial charge in [0.15, 0.2) is 5.78 Å². The van der Waals surface area contributed by atoms with Gasteiger partial charge < -0.3 is 15.1 Å². The first-order valence-corrected chi connectivity index (χ1v) is 21.3. The number of imide groups is 2. The third kappa shape index (κ3) is 7.41. The molecule has 1 saturated carbocycles. The zero-order valence-corrected chi connectivity index (χ0v) is 34.1. The molecule has 60 heavy (non-hydrogen) atoms. The number of ketones is 1. The summed E-state index contributed by atoms with van der Waals surface area (Å²) in [6.45, 7) is 9.63. The van der Waals surface area contributed by atoms with Gasteiger partial charge in [-0.3, -0.25) is 48.5 Å². The molecular formula is C44H50N10O6. The lowest BCUT2D eigenvalue weighted by atomic mass is 9.99. The number of piperazine rings is 1. The lowest BCUT2D eigenvalue weighted by molar-refractivity contribution is -0.136. The Bertz CT molecular complexity index is 2450. The number of carbonyl (C=O) groups is 5. The predicted octanol–water partition coefficient (Wildman–Crippen LogP) is 4.39. The molecule has 4 fully saturated rings. The first-order valence-electron chi connectivity index (χ1n) is 21.3. The number of pyridine rings is 2. The summed E-state index contributed by atoms with van der Waals surface area (Å²) in [4.78, 5) is 99.1.